The molecule has 0 fully saturated rings. The van der Waals surface area contributed by atoms with Crippen molar-refractivity contribution in [2.75, 3.05) is 5.73 Å². The maximum Gasteiger partial charge on any atom is 0.125 e. The number of hydrogen-bond donors (Lipinski definition) is 1. The Morgan fingerprint density at radius 1 is 1.44 bits per heavy atom. The van der Waals surface area contributed by atoms with E-state index >= 15 is 0 Å². The topological polar surface area (TPSA) is 26.0 Å². The fraction of sp³-hybridized carbons (Fsp3) is 0. The zero-order valence-electron chi connectivity index (χ0n) is 4.89. The summed E-state index contributed by atoms with van der Waals surface area (Å²) in [4.78, 5) is 0. The van der Waals surface area contributed by atoms with Gasteiger partial charge in [-0.25, -0.2) is 4.39 Å². The van der Waals surface area contributed by atoms with Crippen molar-refractivity contribution in [1.29, 1.82) is 0 Å². The maximum atomic E-state index is 12.2. The van der Waals surface area contributed by atoms with Gasteiger partial charge in [0.15, 0.2) is 0 Å². The molecule has 0 saturated heterocycles. The lowest BCUT2D eigenvalue weighted by atomic mass is 10.2. The number of hydrogen-bond acceptors (Lipinski definition) is 1. The summed E-state index contributed by atoms with van der Waals surface area (Å²) in [5.74, 6) is -0.320. The third kappa shape index (κ3) is 1.19. The molecule has 9 heavy (non-hydrogen) atoms. The summed E-state index contributed by atoms with van der Waals surface area (Å²) in [5.41, 5.74) is 6.38. The molecule has 0 aliphatic heterocycles. The molecule has 0 aliphatic carbocycles. The summed E-state index contributed by atoms with van der Waals surface area (Å²) < 4.78 is 12.2. The summed E-state index contributed by atoms with van der Waals surface area (Å²) in [6.07, 6.45) is 0. The quantitative estimate of drug-likeness (QED) is 0.522. The van der Waals surface area contributed by atoms with E-state index in [0.717, 1.165) is 0 Å². The fourth-order valence-electron chi connectivity index (χ4n) is 0.566. The van der Waals surface area contributed by atoms with E-state index in [1.807, 2.05) is 0 Å². The van der Waals surface area contributed by atoms with Gasteiger partial charge in [0.05, 0.1) is 0 Å². The van der Waals surface area contributed by atoms with Crippen molar-refractivity contribution in [2.24, 2.45) is 0 Å². The second-order valence-corrected chi connectivity index (χ2v) is 1.84. The normalized spacial score (nSPS) is 9.56. The van der Waals surface area contributed by atoms with Gasteiger partial charge in [0.1, 0.15) is 5.82 Å². The molecule has 47 valence electrons. The second kappa shape index (κ2) is 2.05. The molecule has 0 unspecified atom stereocenters. The number of anilines is 1. The van der Waals surface area contributed by atoms with Gasteiger partial charge in [-0.3, -0.25) is 0 Å². The number of nitrogens with two attached hydrogens (primary N) is 1. The highest BCUT2D eigenvalue weighted by Gasteiger charge is 1.92. The smallest absolute Gasteiger partial charge is 0.125 e. The summed E-state index contributed by atoms with van der Waals surface area (Å²) >= 11 is 0. The summed E-state index contributed by atoms with van der Waals surface area (Å²) in [6.45, 7) is 3.57. The molecule has 1 aromatic carbocycles. The Labute approximate surface area is 53.3 Å². The van der Waals surface area contributed by atoms with E-state index in [4.69, 9.17) is 5.73 Å². The van der Waals surface area contributed by atoms with Crippen molar-refractivity contribution >= 4 is 5.69 Å². The van der Waals surface area contributed by atoms with Gasteiger partial charge in [0, 0.05) is 5.69 Å². The zero-order chi connectivity index (χ0) is 6.85. The Bertz CT molecular complexity index is 220. The monoisotopic (exact) mass is 124 g/mol. The van der Waals surface area contributed by atoms with Crippen LogP contribution in [0.1, 0.15) is 5.56 Å². The first-order chi connectivity index (χ1) is 4.20. The molecule has 0 atom stereocenters. The minimum atomic E-state index is -0.320. The van der Waals surface area contributed by atoms with Gasteiger partial charge in [-0.05, 0) is 24.6 Å². The van der Waals surface area contributed by atoms with Crippen molar-refractivity contribution in [3.8, 4) is 0 Å². The zero-order valence-corrected chi connectivity index (χ0v) is 4.89. The molecule has 2 N–H and O–H groups in total. The van der Waals surface area contributed by atoms with Gasteiger partial charge in [0.25, 0.3) is 0 Å². The molecule has 0 saturated carbocycles. The predicted octanol–water partition coefficient (Wildman–Crippen LogP) is 1.59. The van der Waals surface area contributed by atoms with Crippen LogP contribution in [0, 0.1) is 12.7 Å². The Morgan fingerprint density at radius 2 is 2.11 bits per heavy atom. The third-order valence-corrected chi connectivity index (χ3v) is 1.11. The lowest BCUT2D eigenvalue weighted by Gasteiger charge is -1.96. The van der Waals surface area contributed by atoms with Crippen LogP contribution < -0.4 is 5.73 Å². The Kier molecular flexibility index (Phi) is 1.39. The first-order valence-corrected chi connectivity index (χ1v) is 2.57. The Hall–Kier alpha value is -1.05. The van der Waals surface area contributed by atoms with Crippen molar-refractivity contribution < 1.29 is 4.39 Å². The van der Waals surface area contributed by atoms with Gasteiger partial charge in [0.2, 0.25) is 0 Å². The molecular formula is C7H7FN. The van der Waals surface area contributed by atoms with Crippen molar-refractivity contribution in [1.82, 2.24) is 0 Å². The first-order valence-electron chi connectivity index (χ1n) is 2.57. The molecular weight excluding hydrogens is 117 g/mol. The van der Waals surface area contributed by atoms with E-state index in [9.17, 15) is 4.39 Å². The van der Waals surface area contributed by atoms with Crippen LogP contribution in [-0.2, 0) is 0 Å². The van der Waals surface area contributed by atoms with Gasteiger partial charge >= 0.3 is 0 Å². The van der Waals surface area contributed by atoms with Crippen LogP contribution in [0.5, 0.6) is 0 Å². The van der Waals surface area contributed by atoms with Crippen LogP contribution >= 0.6 is 0 Å². The van der Waals surface area contributed by atoms with Gasteiger partial charge < -0.3 is 5.73 Å². The van der Waals surface area contributed by atoms with Crippen LogP contribution in [0.4, 0.5) is 10.1 Å². The summed E-state index contributed by atoms with van der Waals surface area (Å²) in [5, 5.41) is 0. The van der Waals surface area contributed by atoms with Crippen molar-refractivity contribution in [3.63, 3.8) is 0 Å². The van der Waals surface area contributed by atoms with Gasteiger partial charge in [-0.2, -0.15) is 0 Å². The Balaban J connectivity index is 3.17. The van der Waals surface area contributed by atoms with Gasteiger partial charge in [-0.15, -0.1) is 0 Å². The molecule has 1 nitrogen and oxygen atoms in total. The predicted molar refractivity (Wildman–Crippen MR) is 35.3 cm³/mol. The molecule has 2 heteroatoms. The molecule has 0 amide bonds. The number of rotatable bonds is 0. The van der Waals surface area contributed by atoms with Crippen LogP contribution in [0.3, 0.4) is 0 Å². The maximum absolute atomic E-state index is 12.2. The van der Waals surface area contributed by atoms with E-state index in [0.29, 0.717) is 11.3 Å². The van der Waals surface area contributed by atoms with E-state index in [-0.39, 0.29) is 5.82 Å². The minimum absolute atomic E-state index is 0.320. The number of nitrogen functional groups attached to an aromatic ring is 1. The average Bonchev–Trinajstić information content (AvgIpc) is 1.80. The highest BCUT2D eigenvalue weighted by Crippen LogP contribution is 2.10. The molecule has 1 aromatic rings. The molecule has 0 heterocycles. The molecule has 0 aromatic heterocycles. The highest BCUT2D eigenvalue weighted by atomic mass is 19.1. The lowest BCUT2D eigenvalue weighted by molar-refractivity contribution is 0.628. The largest absolute Gasteiger partial charge is 0.398 e. The molecule has 0 spiro atoms. The molecule has 1 radical (unpaired) electrons. The summed E-state index contributed by atoms with van der Waals surface area (Å²) in [7, 11) is 0. The van der Waals surface area contributed by atoms with Crippen LogP contribution in [-0.4, -0.2) is 0 Å². The van der Waals surface area contributed by atoms with E-state index in [1.165, 1.54) is 12.1 Å². The minimum Gasteiger partial charge on any atom is -0.398 e. The number of halogens is 1. The number of benzene rings is 1. The van der Waals surface area contributed by atoms with Crippen LogP contribution in [0.25, 0.3) is 0 Å². The lowest BCUT2D eigenvalue weighted by Crippen LogP contribution is -1.89. The Morgan fingerprint density at radius 3 is 2.56 bits per heavy atom. The van der Waals surface area contributed by atoms with Gasteiger partial charge in [-0.1, -0.05) is 6.07 Å². The third-order valence-electron chi connectivity index (χ3n) is 1.11. The van der Waals surface area contributed by atoms with Crippen molar-refractivity contribution in [3.05, 3.63) is 36.5 Å². The van der Waals surface area contributed by atoms with Crippen LogP contribution in [0.2, 0.25) is 0 Å². The average molecular weight is 124 g/mol. The van der Waals surface area contributed by atoms with E-state index < -0.39 is 0 Å². The van der Waals surface area contributed by atoms with Crippen molar-refractivity contribution in [2.45, 2.75) is 0 Å². The van der Waals surface area contributed by atoms with E-state index in [2.05, 4.69) is 6.92 Å². The molecule has 1 rings (SSSR count). The van der Waals surface area contributed by atoms with E-state index in [1.54, 1.807) is 6.07 Å². The SMILES string of the molecule is [CH2]c1ccc(F)cc1N. The standard InChI is InChI=1S/C7H7FN/c1-5-2-3-6(8)4-7(5)9/h2-4H,1,9H2. The molecule has 0 aliphatic rings. The molecule has 0 bridgehead atoms. The first kappa shape index (κ1) is 6.08. The summed E-state index contributed by atoms with van der Waals surface area (Å²) in [6, 6.07) is 4.13. The van der Waals surface area contributed by atoms with Crippen LogP contribution in [0.15, 0.2) is 18.2 Å². The fourth-order valence-corrected chi connectivity index (χ4v) is 0.566. The second-order valence-electron chi connectivity index (χ2n) is 1.84. The highest BCUT2D eigenvalue weighted by molar-refractivity contribution is 5.48.